The summed E-state index contributed by atoms with van der Waals surface area (Å²) in [6.45, 7) is 4.00. The molecule has 2 aromatic heterocycles. The average Bonchev–Trinajstić information content (AvgIpc) is 3.17. The van der Waals surface area contributed by atoms with Gasteiger partial charge in [-0.05, 0) is 20.0 Å². The molecule has 0 amide bonds. The summed E-state index contributed by atoms with van der Waals surface area (Å²) in [5.74, 6) is 0.873. The van der Waals surface area contributed by atoms with E-state index in [4.69, 9.17) is 0 Å². The number of sulfonamides is 1. The molecule has 0 saturated carbocycles. The molecule has 0 bridgehead atoms. The van der Waals surface area contributed by atoms with E-state index in [2.05, 4.69) is 24.9 Å². The van der Waals surface area contributed by atoms with Crippen LogP contribution in [0.4, 0.5) is 0 Å². The summed E-state index contributed by atoms with van der Waals surface area (Å²) in [4.78, 5) is 24.1. The molecule has 10 nitrogen and oxygen atoms in total. The number of fused-ring (bicyclic) bond motifs is 2. The fourth-order valence-electron chi connectivity index (χ4n) is 4.83. The van der Waals surface area contributed by atoms with Crippen LogP contribution in [0.25, 0.3) is 11.0 Å². The Morgan fingerprint density at radius 3 is 2.75 bits per heavy atom. The van der Waals surface area contributed by atoms with E-state index >= 15 is 0 Å². The van der Waals surface area contributed by atoms with Gasteiger partial charge in [0, 0.05) is 45.2 Å². The maximum atomic E-state index is 12.3. The highest BCUT2D eigenvalue weighted by atomic mass is 32.2. The third kappa shape index (κ3) is 3.36. The van der Waals surface area contributed by atoms with Gasteiger partial charge in [-0.3, -0.25) is 14.4 Å². The summed E-state index contributed by atoms with van der Waals surface area (Å²) in [5, 5.41) is 4.59. The van der Waals surface area contributed by atoms with Crippen LogP contribution in [0.5, 0.6) is 0 Å². The van der Waals surface area contributed by atoms with Crippen molar-refractivity contribution in [1.82, 2.24) is 33.9 Å². The number of nitrogens with one attached hydrogen (secondary N) is 1. The number of aromatic amines is 1. The maximum absolute atomic E-state index is 12.3. The van der Waals surface area contributed by atoms with Crippen LogP contribution in [-0.4, -0.2) is 95.3 Å². The number of rotatable bonds is 5. The van der Waals surface area contributed by atoms with E-state index in [0.717, 1.165) is 19.6 Å². The zero-order valence-electron chi connectivity index (χ0n) is 16.7. The molecular formula is C17H27N7O3S. The van der Waals surface area contributed by atoms with Gasteiger partial charge in [-0.25, -0.2) is 17.7 Å². The maximum Gasteiger partial charge on any atom is 0.262 e. The van der Waals surface area contributed by atoms with Crippen molar-refractivity contribution in [2.75, 3.05) is 53.1 Å². The van der Waals surface area contributed by atoms with E-state index in [9.17, 15) is 13.2 Å². The van der Waals surface area contributed by atoms with Gasteiger partial charge >= 0.3 is 0 Å². The molecule has 154 valence electrons. The first-order valence-electron chi connectivity index (χ1n) is 9.30. The van der Waals surface area contributed by atoms with Gasteiger partial charge in [0.25, 0.3) is 5.56 Å². The first kappa shape index (κ1) is 19.5. The number of nitrogens with zero attached hydrogens (tertiary/aromatic N) is 6. The minimum Gasteiger partial charge on any atom is -0.309 e. The monoisotopic (exact) mass is 409 g/mol. The van der Waals surface area contributed by atoms with E-state index in [0.29, 0.717) is 36.5 Å². The number of hydrogen-bond acceptors (Lipinski definition) is 7. The Bertz CT molecular complexity index is 1060. The Labute approximate surface area is 164 Å². The molecule has 0 aliphatic carbocycles. The second kappa shape index (κ2) is 6.61. The number of aryl methyl sites for hydroxylation is 1. The second-order valence-electron chi connectivity index (χ2n) is 8.54. The van der Waals surface area contributed by atoms with Gasteiger partial charge in [0.1, 0.15) is 11.2 Å². The van der Waals surface area contributed by atoms with Crippen LogP contribution in [-0.2, 0) is 23.6 Å². The van der Waals surface area contributed by atoms with Crippen molar-refractivity contribution in [1.29, 1.82) is 0 Å². The zero-order chi connectivity index (χ0) is 20.3. The summed E-state index contributed by atoms with van der Waals surface area (Å²) in [6, 6.07) is 0. The first-order valence-corrected chi connectivity index (χ1v) is 11.2. The van der Waals surface area contributed by atoms with E-state index in [1.807, 2.05) is 14.1 Å². The van der Waals surface area contributed by atoms with Gasteiger partial charge in [0.05, 0.1) is 19.0 Å². The molecule has 0 spiro atoms. The lowest BCUT2D eigenvalue weighted by Crippen LogP contribution is -2.42. The zero-order valence-corrected chi connectivity index (χ0v) is 17.5. The van der Waals surface area contributed by atoms with Crippen molar-refractivity contribution in [3.05, 3.63) is 22.4 Å². The van der Waals surface area contributed by atoms with Gasteiger partial charge in [-0.2, -0.15) is 5.10 Å². The molecular weight excluding hydrogens is 382 g/mol. The van der Waals surface area contributed by atoms with Crippen LogP contribution in [0.15, 0.2) is 11.0 Å². The highest BCUT2D eigenvalue weighted by Crippen LogP contribution is 2.44. The van der Waals surface area contributed by atoms with Gasteiger partial charge in [-0.1, -0.05) is 0 Å². The molecule has 2 atom stereocenters. The number of likely N-dealkylation sites (tertiary alicyclic amines) is 1. The van der Waals surface area contributed by atoms with Crippen molar-refractivity contribution < 1.29 is 8.42 Å². The summed E-state index contributed by atoms with van der Waals surface area (Å²) in [6.07, 6.45) is 2.81. The molecule has 1 N–H and O–H groups in total. The standard InChI is InChI=1S/C17H27N7O3S/c1-21(2)9-17-10-23(6-12(17)7-24(11-17)28(4,26)27)8-14-19-15-13(16(25)20-14)5-18-22(15)3/h5,12H,6-11H2,1-4H3,(H,19,20,25)/t12-,17+/m0/s1. The molecule has 0 unspecified atom stereocenters. The van der Waals surface area contributed by atoms with Gasteiger partial charge in [-0.15, -0.1) is 0 Å². The highest BCUT2D eigenvalue weighted by molar-refractivity contribution is 7.88. The lowest BCUT2D eigenvalue weighted by Gasteiger charge is -2.32. The summed E-state index contributed by atoms with van der Waals surface area (Å²) < 4.78 is 27.4. The fourth-order valence-corrected chi connectivity index (χ4v) is 5.78. The molecule has 2 aromatic rings. The lowest BCUT2D eigenvalue weighted by atomic mass is 9.80. The number of H-pyrrole nitrogens is 1. The van der Waals surface area contributed by atoms with E-state index in [1.54, 1.807) is 16.0 Å². The van der Waals surface area contributed by atoms with Crippen molar-refractivity contribution in [2.24, 2.45) is 18.4 Å². The lowest BCUT2D eigenvalue weighted by molar-refractivity contribution is 0.178. The van der Waals surface area contributed by atoms with Crippen LogP contribution in [0.2, 0.25) is 0 Å². The van der Waals surface area contributed by atoms with Crippen LogP contribution in [0, 0.1) is 11.3 Å². The Morgan fingerprint density at radius 1 is 1.32 bits per heavy atom. The molecule has 0 radical (unpaired) electrons. The summed E-state index contributed by atoms with van der Waals surface area (Å²) in [7, 11) is 2.61. The minimum absolute atomic E-state index is 0.108. The summed E-state index contributed by atoms with van der Waals surface area (Å²) >= 11 is 0. The Balaban J connectivity index is 1.57. The van der Waals surface area contributed by atoms with E-state index < -0.39 is 10.0 Å². The minimum atomic E-state index is -3.20. The quantitative estimate of drug-likeness (QED) is 0.669. The third-order valence-electron chi connectivity index (χ3n) is 5.92. The van der Waals surface area contributed by atoms with E-state index in [-0.39, 0.29) is 16.9 Å². The normalized spacial score (nSPS) is 26.5. The number of aromatic nitrogens is 4. The molecule has 0 aromatic carbocycles. The largest absolute Gasteiger partial charge is 0.309 e. The SMILES string of the molecule is CN(C)C[C@]12CN(Cc3nc4c(cnn4C)c(=O)[nH]3)C[C@H]1CN(S(C)(=O)=O)C2. The van der Waals surface area contributed by atoms with Gasteiger partial charge in [0.2, 0.25) is 10.0 Å². The smallest absolute Gasteiger partial charge is 0.262 e. The average molecular weight is 410 g/mol. The number of hydrogen-bond donors (Lipinski definition) is 1. The topological polar surface area (TPSA) is 107 Å². The fraction of sp³-hybridized carbons (Fsp3) is 0.706. The first-order chi connectivity index (χ1) is 13.1. The van der Waals surface area contributed by atoms with Gasteiger partial charge in [0.15, 0.2) is 5.65 Å². The molecule has 11 heteroatoms. The van der Waals surface area contributed by atoms with Crippen molar-refractivity contribution in [3.63, 3.8) is 0 Å². The van der Waals surface area contributed by atoms with Crippen molar-refractivity contribution >= 4 is 21.1 Å². The predicted octanol–water partition coefficient (Wildman–Crippen LogP) is -1.09. The van der Waals surface area contributed by atoms with Crippen LogP contribution < -0.4 is 5.56 Å². The second-order valence-corrected chi connectivity index (χ2v) is 10.5. The van der Waals surface area contributed by atoms with Crippen LogP contribution in [0.1, 0.15) is 5.82 Å². The Morgan fingerprint density at radius 2 is 2.07 bits per heavy atom. The molecule has 4 rings (SSSR count). The van der Waals surface area contributed by atoms with Crippen LogP contribution in [0.3, 0.4) is 0 Å². The third-order valence-corrected chi connectivity index (χ3v) is 7.14. The Hall–Kier alpha value is -1.82. The predicted molar refractivity (Wildman–Crippen MR) is 105 cm³/mol. The van der Waals surface area contributed by atoms with Crippen molar-refractivity contribution in [3.8, 4) is 0 Å². The molecule has 2 saturated heterocycles. The molecule has 2 aliphatic rings. The molecule has 4 heterocycles. The highest BCUT2D eigenvalue weighted by Gasteiger charge is 2.54. The summed E-state index contributed by atoms with van der Waals surface area (Å²) in [5.41, 5.74) is 0.284. The van der Waals surface area contributed by atoms with Crippen molar-refractivity contribution in [2.45, 2.75) is 6.54 Å². The molecule has 28 heavy (non-hydrogen) atoms. The Kier molecular flexibility index (Phi) is 4.60. The molecule has 2 aliphatic heterocycles. The van der Waals surface area contributed by atoms with E-state index in [1.165, 1.54) is 12.5 Å². The molecule has 2 fully saturated rings. The van der Waals surface area contributed by atoms with Crippen LogP contribution >= 0.6 is 0 Å². The van der Waals surface area contributed by atoms with Gasteiger partial charge < -0.3 is 9.88 Å².